The molecule has 1 radical (unpaired) electrons. The average molecular weight is 891 g/mol. The maximum atomic E-state index is 7.82. The molecular weight excluding hydrogens is 847 g/mol. The van der Waals surface area contributed by atoms with E-state index >= 15 is 0 Å². The van der Waals surface area contributed by atoms with Crippen molar-refractivity contribution >= 4 is 57.2 Å². The van der Waals surface area contributed by atoms with Crippen LogP contribution in [0.2, 0.25) is 19.6 Å². The van der Waals surface area contributed by atoms with E-state index in [0.29, 0.717) is 28.3 Å². The predicted octanol–water partition coefficient (Wildman–Crippen LogP) is 11.7. The van der Waals surface area contributed by atoms with Gasteiger partial charge < -0.3 is 18.4 Å². The monoisotopic (exact) mass is 891 g/mol. The fraction of sp³-hybridized carbons (Fsp3) is 0.174. The Balaban J connectivity index is 0.000000197. The molecule has 9 rings (SSSR count). The molecule has 0 saturated heterocycles. The molecule has 9 aromatic rings. The second-order valence-electron chi connectivity index (χ2n) is 14.7. The summed E-state index contributed by atoms with van der Waals surface area (Å²) < 4.78 is 37.3. The minimum atomic E-state index is -2.23. The predicted molar refractivity (Wildman–Crippen MR) is 217 cm³/mol. The normalized spacial score (nSPS) is 12.8. The van der Waals surface area contributed by atoms with Gasteiger partial charge in [0.05, 0.1) is 24.9 Å². The number of pyridine rings is 1. The van der Waals surface area contributed by atoms with Gasteiger partial charge in [0, 0.05) is 64.8 Å². The molecular formula is C46H41IrN3O2Si-2. The number of furan rings is 2. The zero-order valence-corrected chi connectivity index (χ0v) is 33.7. The molecule has 7 heteroatoms. The van der Waals surface area contributed by atoms with Gasteiger partial charge in [0.25, 0.3) is 0 Å². The van der Waals surface area contributed by atoms with Crippen molar-refractivity contribution in [1.82, 2.24) is 14.5 Å². The molecule has 0 aliphatic rings. The standard InChI is InChI=1S/C28H17N2O2.C18H24NSi.Ir/c1-17-10-13-25-21(14-17)22(16-31-25)28-29-23-7-3-4-8-24(23)30(28)18-11-12-20-19-6-2-5-9-26(19)32-27(20)15-18;1-14(2)11-16-12-17(15-9-7-6-8-10-15)19-13-18(16)20(3,4)5;/h2-15H,1H3;6-9,12-14H,11H2,1-5H3;/q2*-1;/i1D3;;. The smallest absolute Gasteiger partial charge is 0.137 e. The Morgan fingerprint density at radius 3 is 2.40 bits per heavy atom. The van der Waals surface area contributed by atoms with Crippen LogP contribution in [0.25, 0.3) is 72.3 Å². The van der Waals surface area contributed by atoms with Crippen molar-refractivity contribution in [3.8, 4) is 28.3 Å². The van der Waals surface area contributed by atoms with E-state index in [1.807, 2.05) is 83.4 Å². The minimum Gasteiger partial charge on any atom is -0.557 e. The van der Waals surface area contributed by atoms with E-state index in [2.05, 4.69) is 75.2 Å². The number of rotatable bonds is 6. The third-order valence-electron chi connectivity index (χ3n) is 9.33. The summed E-state index contributed by atoms with van der Waals surface area (Å²) in [5.74, 6) is 1.28. The molecule has 267 valence electrons. The molecule has 0 atom stereocenters. The first-order valence-electron chi connectivity index (χ1n) is 19.2. The van der Waals surface area contributed by atoms with Crippen LogP contribution in [-0.4, -0.2) is 22.6 Å². The van der Waals surface area contributed by atoms with Crippen molar-refractivity contribution in [2.75, 3.05) is 0 Å². The Morgan fingerprint density at radius 1 is 0.811 bits per heavy atom. The molecule has 5 nitrogen and oxygen atoms in total. The maximum absolute atomic E-state index is 7.82. The molecule has 0 saturated carbocycles. The quantitative estimate of drug-likeness (QED) is 0.123. The van der Waals surface area contributed by atoms with Gasteiger partial charge in [-0.25, -0.2) is 0 Å². The van der Waals surface area contributed by atoms with Crippen molar-refractivity contribution in [1.29, 1.82) is 0 Å². The number of hydrogen-bond acceptors (Lipinski definition) is 4. The Hall–Kier alpha value is -5.07. The summed E-state index contributed by atoms with van der Waals surface area (Å²) in [6, 6.07) is 40.4. The van der Waals surface area contributed by atoms with E-state index < -0.39 is 14.9 Å². The van der Waals surface area contributed by atoms with Crippen LogP contribution in [-0.2, 0) is 26.5 Å². The number of para-hydroxylation sites is 3. The van der Waals surface area contributed by atoms with Gasteiger partial charge in [0.1, 0.15) is 11.2 Å². The van der Waals surface area contributed by atoms with Crippen LogP contribution in [0, 0.1) is 25.1 Å². The number of aryl methyl sites for hydroxylation is 1. The molecule has 4 aromatic heterocycles. The fourth-order valence-electron chi connectivity index (χ4n) is 6.93. The van der Waals surface area contributed by atoms with E-state index in [1.54, 1.807) is 18.2 Å². The van der Waals surface area contributed by atoms with E-state index in [0.717, 1.165) is 56.3 Å². The van der Waals surface area contributed by atoms with E-state index in [4.69, 9.17) is 17.9 Å². The molecule has 0 bridgehead atoms. The number of benzene rings is 5. The molecule has 0 fully saturated rings. The average Bonchev–Trinajstić information content (AvgIpc) is 3.87. The number of fused-ring (bicyclic) bond motifs is 5. The van der Waals surface area contributed by atoms with E-state index in [-0.39, 0.29) is 25.7 Å². The first-order chi connectivity index (χ1) is 26.3. The maximum Gasteiger partial charge on any atom is 0.137 e. The SMILES string of the molecule is CC(C)Cc1cc(-c2[c-]cccc2)ncc1[Si](C)(C)C.[2H]C([2H])([2H])c1ccc2o[c-]c(-c3nc4ccccc4n3-c3ccc4c(c3)oc3ccccc34)c2c1.[Ir]. The Morgan fingerprint density at radius 2 is 1.60 bits per heavy atom. The van der Waals surface area contributed by atoms with Crippen LogP contribution in [0.15, 0.2) is 130 Å². The topological polar surface area (TPSA) is 57.0 Å². The van der Waals surface area contributed by atoms with Crippen LogP contribution < -0.4 is 5.19 Å². The molecule has 0 spiro atoms. The van der Waals surface area contributed by atoms with Gasteiger partial charge in [0.2, 0.25) is 0 Å². The van der Waals surface area contributed by atoms with Gasteiger partial charge in [0.15, 0.2) is 0 Å². The van der Waals surface area contributed by atoms with Gasteiger partial charge in [-0.15, -0.1) is 35.9 Å². The third kappa shape index (κ3) is 7.17. The molecule has 0 amide bonds. The summed E-state index contributed by atoms with van der Waals surface area (Å²) in [6.45, 7) is 9.51. The van der Waals surface area contributed by atoms with E-state index in [9.17, 15) is 0 Å². The molecule has 53 heavy (non-hydrogen) atoms. The Bertz CT molecular complexity index is 2820. The zero-order valence-electron chi connectivity index (χ0n) is 33.3. The summed E-state index contributed by atoms with van der Waals surface area (Å²) in [6.07, 6.45) is 6.21. The van der Waals surface area contributed by atoms with Gasteiger partial charge in [-0.3, -0.25) is 4.98 Å². The van der Waals surface area contributed by atoms with Crippen LogP contribution >= 0.6 is 0 Å². The van der Waals surface area contributed by atoms with Crippen LogP contribution in [0.5, 0.6) is 0 Å². The fourth-order valence-corrected chi connectivity index (χ4v) is 8.52. The first kappa shape index (κ1) is 32.6. The number of hydrogen-bond donors (Lipinski definition) is 0. The summed E-state index contributed by atoms with van der Waals surface area (Å²) >= 11 is 0. The first-order valence-corrected chi connectivity index (χ1v) is 21.2. The van der Waals surface area contributed by atoms with Crippen LogP contribution in [0.4, 0.5) is 0 Å². The van der Waals surface area contributed by atoms with Gasteiger partial charge in [-0.1, -0.05) is 110 Å². The number of imidazole rings is 1. The van der Waals surface area contributed by atoms with Gasteiger partial charge in [-0.05, 0) is 60.4 Å². The van der Waals surface area contributed by atoms with Crippen molar-refractivity contribution in [3.05, 3.63) is 145 Å². The third-order valence-corrected chi connectivity index (χ3v) is 11.4. The number of aromatic nitrogens is 3. The molecule has 0 unspecified atom stereocenters. The molecule has 0 aliphatic carbocycles. The Kier molecular flexibility index (Phi) is 9.06. The number of nitrogens with zero attached hydrogens (tertiary/aromatic N) is 3. The summed E-state index contributed by atoms with van der Waals surface area (Å²) in [4.78, 5) is 9.58. The molecule has 0 N–H and O–H groups in total. The van der Waals surface area contributed by atoms with E-state index in [1.165, 1.54) is 10.8 Å². The van der Waals surface area contributed by atoms with Crippen LogP contribution in [0.1, 0.15) is 29.1 Å². The summed E-state index contributed by atoms with van der Waals surface area (Å²) in [5, 5.41) is 4.25. The van der Waals surface area contributed by atoms with Crippen molar-refractivity contribution < 1.29 is 33.1 Å². The van der Waals surface area contributed by atoms with Gasteiger partial charge in [-0.2, -0.15) is 0 Å². The van der Waals surface area contributed by atoms with Crippen molar-refractivity contribution in [2.45, 2.75) is 46.8 Å². The Labute approximate surface area is 329 Å². The van der Waals surface area contributed by atoms with Crippen LogP contribution in [0.3, 0.4) is 0 Å². The summed E-state index contributed by atoms with van der Waals surface area (Å²) in [7, 11) is -1.34. The molecule has 5 aromatic carbocycles. The minimum absolute atomic E-state index is 0. The zero-order chi connectivity index (χ0) is 38.5. The largest absolute Gasteiger partial charge is 0.557 e. The summed E-state index contributed by atoms with van der Waals surface area (Å²) in [5.41, 5.74) is 9.20. The van der Waals surface area contributed by atoms with Gasteiger partial charge >= 0.3 is 0 Å². The van der Waals surface area contributed by atoms with Crippen molar-refractivity contribution in [3.63, 3.8) is 0 Å². The van der Waals surface area contributed by atoms with Crippen molar-refractivity contribution in [2.24, 2.45) is 5.92 Å². The molecule has 0 aliphatic heterocycles. The second kappa shape index (κ2) is 14.7. The second-order valence-corrected chi connectivity index (χ2v) is 19.7. The molecule has 4 heterocycles.